The van der Waals surface area contributed by atoms with Crippen molar-refractivity contribution in [2.45, 2.75) is 20.4 Å². The third-order valence-corrected chi connectivity index (χ3v) is 2.60. The number of hydrogen-bond acceptors (Lipinski definition) is 3. The molecule has 0 saturated carbocycles. The third-order valence-electron chi connectivity index (χ3n) is 2.60. The first-order valence-electron chi connectivity index (χ1n) is 5.49. The fourth-order valence-electron chi connectivity index (χ4n) is 1.69. The molecule has 17 heavy (non-hydrogen) atoms. The maximum absolute atomic E-state index is 8.78. The van der Waals surface area contributed by atoms with Gasteiger partial charge in [0.05, 0.1) is 18.2 Å². The fraction of sp³-hybridized carbons (Fsp3) is 0.214. The van der Waals surface area contributed by atoms with Gasteiger partial charge in [-0.1, -0.05) is 0 Å². The summed E-state index contributed by atoms with van der Waals surface area (Å²) < 4.78 is 5.48. The van der Waals surface area contributed by atoms with E-state index in [1.54, 1.807) is 0 Å². The molecule has 1 aromatic carbocycles. The molecule has 0 radical (unpaired) electrons. The van der Waals surface area contributed by atoms with Crippen molar-refractivity contribution < 1.29 is 4.42 Å². The highest BCUT2D eigenvalue weighted by molar-refractivity contribution is 5.54. The number of anilines is 1. The lowest BCUT2D eigenvalue weighted by Gasteiger charge is -2.08. The van der Waals surface area contributed by atoms with Crippen LogP contribution in [0.5, 0.6) is 0 Å². The summed E-state index contributed by atoms with van der Waals surface area (Å²) in [5.41, 5.74) is 2.77. The molecule has 1 heterocycles. The van der Waals surface area contributed by atoms with E-state index in [0.717, 1.165) is 22.8 Å². The first kappa shape index (κ1) is 11.3. The molecule has 0 fully saturated rings. The van der Waals surface area contributed by atoms with Gasteiger partial charge in [-0.15, -0.1) is 0 Å². The molecule has 2 aromatic rings. The molecule has 0 amide bonds. The van der Waals surface area contributed by atoms with Crippen LogP contribution in [0.15, 0.2) is 34.7 Å². The number of nitrogens with zero attached hydrogens (tertiary/aromatic N) is 1. The second kappa shape index (κ2) is 4.75. The molecule has 3 heteroatoms. The molecule has 0 aliphatic heterocycles. The van der Waals surface area contributed by atoms with Crippen LogP contribution in [0.4, 0.5) is 5.69 Å². The Bertz CT molecular complexity index is 564. The minimum absolute atomic E-state index is 0.653. The molecule has 0 aliphatic rings. The summed E-state index contributed by atoms with van der Waals surface area (Å²) in [6.45, 7) is 4.56. The Labute approximate surface area is 101 Å². The van der Waals surface area contributed by atoms with Gasteiger partial charge in [0, 0.05) is 5.69 Å². The van der Waals surface area contributed by atoms with E-state index in [1.165, 1.54) is 0 Å². The van der Waals surface area contributed by atoms with Crippen molar-refractivity contribution in [2.24, 2.45) is 0 Å². The lowest BCUT2D eigenvalue weighted by Crippen LogP contribution is -2.00. The van der Waals surface area contributed by atoms with Crippen LogP contribution in [0.2, 0.25) is 0 Å². The predicted molar refractivity (Wildman–Crippen MR) is 66.7 cm³/mol. The topological polar surface area (TPSA) is 49.0 Å². The van der Waals surface area contributed by atoms with Crippen LogP contribution in [0.1, 0.15) is 22.6 Å². The highest BCUT2D eigenvalue weighted by Gasteiger charge is 2.02. The van der Waals surface area contributed by atoms with Crippen molar-refractivity contribution in [3.8, 4) is 6.07 Å². The van der Waals surface area contributed by atoms with Gasteiger partial charge in [-0.2, -0.15) is 5.26 Å². The van der Waals surface area contributed by atoms with Crippen molar-refractivity contribution in [3.05, 3.63) is 53.0 Å². The zero-order valence-electron chi connectivity index (χ0n) is 9.95. The average Bonchev–Trinajstić information content (AvgIpc) is 2.73. The van der Waals surface area contributed by atoms with Crippen molar-refractivity contribution in [1.29, 1.82) is 5.26 Å². The van der Waals surface area contributed by atoms with Crippen LogP contribution in [0.25, 0.3) is 0 Å². The summed E-state index contributed by atoms with van der Waals surface area (Å²) >= 11 is 0. The van der Waals surface area contributed by atoms with Crippen molar-refractivity contribution in [3.63, 3.8) is 0 Å². The monoisotopic (exact) mass is 226 g/mol. The Kier molecular flexibility index (Phi) is 3.15. The Morgan fingerprint density at radius 3 is 2.65 bits per heavy atom. The highest BCUT2D eigenvalue weighted by Crippen LogP contribution is 2.17. The normalized spacial score (nSPS) is 9.94. The molecule has 0 aliphatic carbocycles. The number of nitriles is 1. The molecule has 0 unspecified atom stereocenters. The van der Waals surface area contributed by atoms with Crippen molar-refractivity contribution >= 4 is 5.69 Å². The second-order valence-corrected chi connectivity index (χ2v) is 4.01. The van der Waals surface area contributed by atoms with Gasteiger partial charge in [0.2, 0.25) is 0 Å². The van der Waals surface area contributed by atoms with Crippen LogP contribution in [-0.2, 0) is 6.54 Å². The number of benzene rings is 1. The molecular formula is C14H14N2O. The molecule has 0 bridgehead atoms. The van der Waals surface area contributed by atoms with Gasteiger partial charge in [0.15, 0.2) is 0 Å². The third kappa shape index (κ3) is 2.67. The number of aryl methyl sites for hydroxylation is 2. The van der Waals surface area contributed by atoms with Crippen LogP contribution in [0.3, 0.4) is 0 Å². The standard InChI is InChI=1S/C14H14N2O/c1-10-7-12(8-15)4-6-14(10)16-9-13-5-3-11(2)17-13/h3-7,16H,9H2,1-2H3. The zero-order chi connectivity index (χ0) is 12.3. The van der Waals surface area contributed by atoms with E-state index < -0.39 is 0 Å². The van der Waals surface area contributed by atoms with E-state index in [0.29, 0.717) is 12.1 Å². The lowest BCUT2D eigenvalue weighted by molar-refractivity contribution is 0.490. The number of nitrogens with one attached hydrogen (secondary N) is 1. The van der Waals surface area contributed by atoms with Crippen LogP contribution < -0.4 is 5.32 Å². The van der Waals surface area contributed by atoms with Gasteiger partial charge in [-0.05, 0) is 49.7 Å². The largest absolute Gasteiger partial charge is 0.465 e. The molecule has 3 nitrogen and oxygen atoms in total. The summed E-state index contributed by atoms with van der Waals surface area (Å²) in [4.78, 5) is 0. The average molecular weight is 226 g/mol. The van der Waals surface area contributed by atoms with Gasteiger partial charge in [-0.3, -0.25) is 0 Å². The van der Waals surface area contributed by atoms with E-state index in [9.17, 15) is 0 Å². The van der Waals surface area contributed by atoms with Gasteiger partial charge >= 0.3 is 0 Å². The van der Waals surface area contributed by atoms with E-state index in [-0.39, 0.29) is 0 Å². The number of rotatable bonds is 3. The maximum Gasteiger partial charge on any atom is 0.123 e. The molecule has 2 rings (SSSR count). The highest BCUT2D eigenvalue weighted by atomic mass is 16.3. The van der Waals surface area contributed by atoms with Gasteiger partial charge < -0.3 is 9.73 Å². The Morgan fingerprint density at radius 1 is 1.24 bits per heavy atom. The Hall–Kier alpha value is -2.21. The lowest BCUT2D eigenvalue weighted by atomic mass is 10.1. The summed E-state index contributed by atoms with van der Waals surface area (Å²) in [5.74, 6) is 1.82. The van der Waals surface area contributed by atoms with Crippen LogP contribution in [-0.4, -0.2) is 0 Å². The minimum Gasteiger partial charge on any atom is -0.465 e. The summed E-state index contributed by atoms with van der Waals surface area (Å²) in [5, 5.41) is 12.1. The first-order chi connectivity index (χ1) is 8.19. The zero-order valence-corrected chi connectivity index (χ0v) is 9.95. The van der Waals surface area contributed by atoms with E-state index in [4.69, 9.17) is 9.68 Å². The molecular weight excluding hydrogens is 212 g/mol. The number of furan rings is 1. The maximum atomic E-state index is 8.78. The van der Waals surface area contributed by atoms with Gasteiger partial charge in [-0.25, -0.2) is 0 Å². The molecule has 0 saturated heterocycles. The van der Waals surface area contributed by atoms with E-state index in [1.807, 2.05) is 44.2 Å². The van der Waals surface area contributed by atoms with E-state index in [2.05, 4.69) is 11.4 Å². The number of hydrogen-bond donors (Lipinski definition) is 1. The van der Waals surface area contributed by atoms with Crippen molar-refractivity contribution in [2.75, 3.05) is 5.32 Å². The van der Waals surface area contributed by atoms with Gasteiger partial charge in [0.25, 0.3) is 0 Å². The summed E-state index contributed by atoms with van der Waals surface area (Å²) in [7, 11) is 0. The summed E-state index contributed by atoms with van der Waals surface area (Å²) in [6, 6.07) is 11.6. The summed E-state index contributed by atoms with van der Waals surface area (Å²) in [6.07, 6.45) is 0. The Balaban J connectivity index is 2.07. The molecule has 0 spiro atoms. The first-order valence-corrected chi connectivity index (χ1v) is 5.49. The van der Waals surface area contributed by atoms with Crippen LogP contribution in [0, 0.1) is 25.2 Å². The molecule has 0 atom stereocenters. The quantitative estimate of drug-likeness (QED) is 0.872. The second-order valence-electron chi connectivity index (χ2n) is 4.01. The molecule has 1 N–H and O–H groups in total. The Morgan fingerprint density at radius 2 is 2.06 bits per heavy atom. The molecule has 1 aromatic heterocycles. The van der Waals surface area contributed by atoms with Crippen molar-refractivity contribution in [1.82, 2.24) is 0 Å². The molecule has 86 valence electrons. The minimum atomic E-state index is 0.653. The predicted octanol–water partition coefficient (Wildman–Crippen LogP) is 3.38. The fourth-order valence-corrected chi connectivity index (χ4v) is 1.69. The van der Waals surface area contributed by atoms with E-state index >= 15 is 0 Å². The smallest absolute Gasteiger partial charge is 0.123 e. The van der Waals surface area contributed by atoms with Gasteiger partial charge in [0.1, 0.15) is 11.5 Å². The SMILES string of the molecule is Cc1ccc(CNc2ccc(C#N)cc2C)o1. The van der Waals surface area contributed by atoms with Crippen LogP contribution >= 0.6 is 0 Å².